The average Bonchev–Trinajstić information content (AvgIpc) is 3.15. The maximum Gasteiger partial charge on any atom is 0.258 e. The summed E-state index contributed by atoms with van der Waals surface area (Å²) < 4.78 is 27.0. The Kier molecular flexibility index (Phi) is 4.22. The number of aromatic amines is 1. The van der Waals surface area contributed by atoms with Crippen molar-refractivity contribution in [1.82, 2.24) is 25.3 Å². The van der Waals surface area contributed by atoms with E-state index >= 15 is 4.39 Å². The molecular formula is C21H17ClFN5O3. The second-order valence-corrected chi connectivity index (χ2v) is 8.08. The Bertz CT molecular complexity index is 1260. The number of halogens is 2. The summed E-state index contributed by atoms with van der Waals surface area (Å²) in [5, 5.41) is 2.89. The molecule has 3 aromatic rings. The largest absolute Gasteiger partial charge is 0.417 e. The van der Waals surface area contributed by atoms with Gasteiger partial charge in [0, 0.05) is 36.8 Å². The van der Waals surface area contributed by atoms with Crippen LogP contribution in [0.25, 0.3) is 11.3 Å². The number of amides is 1. The van der Waals surface area contributed by atoms with Crippen LogP contribution in [0, 0.1) is 5.82 Å². The molecule has 2 aliphatic heterocycles. The highest BCUT2D eigenvalue weighted by Crippen LogP contribution is 2.41. The quantitative estimate of drug-likeness (QED) is 0.593. The normalized spacial score (nSPS) is 16.6. The number of H-pyrrole nitrogens is 1. The lowest BCUT2D eigenvalue weighted by Crippen LogP contribution is -2.32. The number of carbonyl (C=O) groups is 1. The Morgan fingerprint density at radius 3 is 2.90 bits per heavy atom. The fraction of sp³-hybridized carbons (Fsp3) is 0.333. The molecule has 10 heteroatoms. The molecule has 0 atom stereocenters. The number of carbonyl (C=O) groups excluding carboxylic acids is 1. The molecule has 0 radical (unpaired) electrons. The van der Waals surface area contributed by atoms with Gasteiger partial charge < -0.3 is 19.8 Å². The van der Waals surface area contributed by atoms with Gasteiger partial charge in [-0.25, -0.2) is 14.4 Å². The Hall–Kier alpha value is -3.04. The number of pyridine rings is 1. The number of nitrogens with zero attached hydrogens (tertiary/aromatic N) is 3. The Balaban J connectivity index is 1.46. The summed E-state index contributed by atoms with van der Waals surface area (Å²) >= 11 is 6.04. The fourth-order valence-corrected chi connectivity index (χ4v) is 4.73. The summed E-state index contributed by atoms with van der Waals surface area (Å²) in [4.78, 5) is 28.2. The molecular weight excluding hydrogens is 425 g/mol. The molecule has 1 amide bonds. The number of aryl methyl sites for hydroxylation is 1. The second kappa shape index (κ2) is 7.00. The topological polar surface area (TPSA) is 102 Å². The maximum absolute atomic E-state index is 15.7. The van der Waals surface area contributed by atoms with Crippen LogP contribution >= 0.6 is 11.6 Å². The van der Waals surface area contributed by atoms with E-state index in [1.54, 1.807) is 6.20 Å². The van der Waals surface area contributed by atoms with Crippen molar-refractivity contribution in [2.75, 3.05) is 13.2 Å². The highest BCUT2D eigenvalue weighted by atomic mass is 35.5. The number of hydrogen-bond donors (Lipinski definition) is 2. The monoisotopic (exact) mass is 441 g/mol. The minimum atomic E-state index is -0.599. The van der Waals surface area contributed by atoms with Crippen molar-refractivity contribution in [3.63, 3.8) is 0 Å². The first kappa shape index (κ1) is 18.7. The molecule has 6 rings (SSSR count). The van der Waals surface area contributed by atoms with E-state index in [2.05, 4.69) is 25.3 Å². The molecule has 5 heterocycles. The van der Waals surface area contributed by atoms with Crippen LogP contribution in [0.3, 0.4) is 0 Å². The zero-order valence-corrected chi connectivity index (χ0v) is 17.1. The van der Waals surface area contributed by atoms with Gasteiger partial charge in [-0.2, -0.15) is 4.98 Å². The number of ether oxygens (including phenoxy) is 2. The Morgan fingerprint density at radius 2 is 2.00 bits per heavy atom. The molecule has 31 heavy (non-hydrogen) atoms. The summed E-state index contributed by atoms with van der Waals surface area (Å²) in [6.45, 7) is 1.35. The summed E-state index contributed by atoms with van der Waals surface area (Å²) in [5.41, 5.74) is 5.47. The van der Waals surface area contributed by atoms with Crippen LogP contribution in [0.4, 0.5) is 4.39 Å². The Morgan fingerprint density at radius 1 is 1.10 bits per heavy atom. The number of fused-ring (bicyclic) bond motifs is 6. The third-order valence-corrected chi connectivity index (χ3v) is 6.15. The molecule has 0 aromatic carbocycles. The van der Waals surface area contributed by atoms with Gasteiger partial charge in [-0.1, -0.05) is 0 Å². The number of hydrogen-bond acceptors (Lipinski definition) is 6. The number of nitrogens with one attached hydrogen (secondary N) is 2. The average molecular weight is 442 g/mol. The molecule has 0 unspecified atom stereocenters. The Labute approximate surface area is 181 Å². The van der Waals surface area contributed by atoms with Crippen LogP contribution in [-0.4, -0.2) is 39.0 Å². The van der Waals surface area contributed by atoms with Gasteiger partial charge in [0.05, 0.1) is 35.7 Å². The number of aromatic nitrogens is 4. The van der Waals surface area contributed by atoms with Gasteiger partial charge >= 0.3 is 0 Å². The minimum absolute atomic E-state index is 0.0272. The minimum Gasteiger partial charge on any atom is -0.417 e. The van der Waals surface area contributed by atoms with Crippen LogP contribution in [0.15, 0.2) is 6.20 Å². The van der Waals surface area contributed by atoms with Gasteiger partial charge in [0.25, 0.3) is 11.8 Å². The van der Waals surface area contributed by atoms with Gasteiger partial charge in [-0.15, -0.1) is 0 Å². The molecule has 0 bridgehead atoms. The van der Waals surface area contributed by atoms with Gasteiger partial charge in [-0.05, 0) is 35.6 Å². The van der Waals surface area contributed by atoms with E-state index in [0.29, 0.717) is 61.2 Å². The van der Waals surface area contributed by atoms with Crippen molar-refractivity contribution >= 4 is 17.5 Å². The van der Waals surface area contributed by atoms with E-state index in [9.17, 15) is 4.79 Å². The smallest absolute Gasteiger partial charge is 0.258 e. The van der Waals surface area contributed by atoms with E-state index < -0.39 is 5.82 Å². The lowest BCUT2D eigenvalue weighted by Gasteiger charge is -2.21. The summed E-state index contributed by atoms with van der Waals surface area (Å²) in [6, 6.07) is 0. The van der Waals surface area contributed by atoms with Crippen molar-refractivity contribution in [2.45, 2.75) is 32.3 Å². The molecule has 2 N–H and O–H groups in total. The molecule has 0 spiro atoms. The van der Waals surface area contributed by atoms with Crippen molar-refractivity contribution in [2.24, 2.45) is 0 Å². The zero-order chi connectivity index (χ0) is 21.1. The molecule has 158 valence electrons. The summed E-state index contributed by atoms with van der Waals surface area (Å²) in [5.74, 6) is -0.776. The molecule has 0 saturated carbocycles. The molecule has 0 saturated heterocycles. The third-order valence-electron chi connectivity index (χ3n) is 5.98. The molecule has 3 aromatic heterocycles. The van der Waals surface area contributed by atoms with E-state index in [0.717, 1.165) is 22.5 Å². The fourth-order valence-electron chi connectivity index (χ4n) is 4.56. The van der Waals surface area contributed by atoms with E-state index in [1.165, 1.54) is 0 Å². The van der Waals surface area contributed by atoms with Crippen molar-refractivity contribution in [1.29, 1.82) is 0 Å². The predicted molar refractivity (Wildman–Crippen MR) is 108 cm³/mol. The van der Waals surface area contributed by atoms with E-state index in [-0.39, 0.29) is 29.6 Å². The highest BCUT2D eigenvalue weighted by molar-refractivity contribution is 6.28. The van der Waals surface area contributed by atoms with Crippen LogP contribution in [-0.2, 0) is 37.0 Å². The van der Waals surface area contributed by atoms with Crippen molar-refractivity contribution < 1.29 is 18.7 Å². The summed E-state index contributed by atoms with van der Waals surface area (Å²) in [7, 11) is 0. The lowest BCUT2D eigenvalue weighted by atomic mass is 9.88. The SMILES string of the molecule is O=C1NCCc2[nH]c3c(c21)CCc1cnc(Oc2nc(Cl)nc4c2COCC4)c(F)c1-3. The van der Waals surface area contributed by atoms with Crippen LogP contribution in [0.2, 0.25) is 5.28 Å². The highest BCUT2D eigenvalue weighted by Gasteiger charge is 2.33. The molecule has 8 nitrogen and oxygen atoms in total. The first-order valence-electron chi connectivity index (χ1n) is 10.1. The first-order chi connectivity index (χ1) is 15.1. The van der Waals surface area contributed by atoms with Crippen LogP contribution < -0.4 is 10.1 Å². The lowest BCUT2D eigenvalue weighted by molar-refractivity contribution is 0.0945. The van der Waals surface area contributed by atoms with E-state index in [1.807, 2.05) is 0 Å². The first-order valence-corrected chi connectivity index (χ1v) is 10.5. The second-order valence-electron chi connectivity index (χ2n) is 7.74. The third kappa shape index (κ3) is 2.91. The number of rotatable bonds is 2. The van der Waals surface area contributed by atoms with Gasteiger partial charge in [0.1, 0.15) is 0 Å². The van der Waals surface area contributed by atoms with E-state index in [4.69, 9.17) is 21.1 Å². The standard InChI is InChI=1S/C21H17ClFN5O3/c22-21-27-12-4-6-30-8-11(12)19(28-21)31-20-16(23)14-9(7-25-20)1-2-10-15-13(26-17(10)14)3-5-24-18(15)29/h7,26H,1-6,8H2,(H,24,29). The zero-order valence-electron chi connectivity index (χ0n) is 16.3. The maximum atomic E-state index is 15.7. The van der Waals surface area contributed by atoms with Gasteiger partial charge in [0.15, 0.2) is 5.82 Å². The van der Waals surface area contributed by atoms with Crippen LogP contribution in [0.5, 0.6) is 11.8 Å². The molecule has 1 aliphatic carbocycles. The van der Waals surface area contributed by atoms with Crippen LogP contribution in [0.1, 0.15) is 38.4 Å². The predicted octanol–water partition coefficient (Wildman–Crippen LogP) is 2.91. The van der Waals surface area contributed by atoms with Gasteiger partial charge in [-0.3, -0.25) is 4.79 Å². The van der Waals surface area contributed by atoms with Crippen molar-refractivity contribution in [3.8, 4) is 23.0 Å². The van der Waals surface area contributed by atoms with Crippen molar-refractivity contribution in [3.05, 3.63) is 50.9 Å². The molecule has 0 fully saturated rings. The molecule has 3 aliphatic rings. The summed E-state index contributed by atoms with van der Waals surface area (Å²) in [6.07, 6.45) is 4.11. The van der Waals surface area contributed by atoms with Gasteiger partial charge in [0.2, 0.25) is 11.2 Å².